The third-order valence-electron chi connectivity index (χ3n) is 4.47. The third-order valence-corrected chi connectivity index (χ3v) is 4.47. The highest BCUT2D eigenvalue weighted by molar-refractivity contribution is 5.95. The zero-order chi connectivity index (χ0) is 19.8. The Morgan fingerprint density at radius 2 is 1.29 bits per heavy atom. The first-order valence-electron chi connectivity index (χ1n) is 9.36. The van der Waals surface area contributed by atoms with E-state index in [1.807, 2.05) is 49.4 Å². The fourth-order valence-electron chi connectivity index (χ4n) is 3.11. The Balaban J connectivity index is 1.99. The number of ether oxygens (including phenoxy) is 1. The molecule has 1 N–H and O–H groups in total. The minimum Gasteiger partial charge on any atom is -0.431 e. The van der Waals surface area contributed by atoms with Crippen LogP contribution in [0.3, 0.4) is 0 Å². The van der Waals surface area contributed by atoms with Gasteiger partial charge in [0.05, 0.1) is 5.56 Å². The molecule has 4 nitrogen and oxygen atoms in total. The minimum atomic E-state index is -1.25. The van der Waals surface area contributed by atoms with Crippen LogP contribution >= 0.6 is 0 Å². The number of carbonyl (C=O) groups is 2. The molecule has 1 amide bonds. The molecule has 0 bridgehead atoms. The van der Waals surface area contributed by atoms with E-state index >= 15 is 0 Å². The number of rotatable bonds is 7. The summed E-state index contributed by atoms with van der Waals surface area (Å²) in [5.41, 5.74) is 0.420. The highest BCUT2D eigenvalue weighted by Gasteiger charge is 2.38. The number of carbonyl (C=O) groups excluding carboxylic acids is 2. The molecule has 0 aliphatic heterocycles. The van der Waals surface area contributed by atoms with Crippen LogP contribution in [-0.2, 0) is 10.5 Å². The van der Waals surface area contributed by atoms with E-state index in [0.717, 1.165) is 5.56 Å². The van der Waals surface area contributed by atoms with Gasteiger partial charge < -0.3 is 10.1 Å². The minimum absolute atomic E-state index is 0.293. The molecular formula is C24H23NO3. The van der Waals surface area contributed by atoms with Gasteiger partial charge in [0, 0.05) is 17.5 Å². The molecule has 0 fully saturated rings. The third kappa shape index (κ3) is 4.46. The van der Waals surface area contributed by atoms with E-state index in [9.17, 15) is 9.59 Å². The number of amides is 1. The Hall–Kier alpha value is -3.40. The number of esters is 1. The Kier molecular flexibility index (Phi) is 6.22. The van der Waals surface area contributed by atoms with Gasteiger partial charge in [-0.15, -0.1) is 0 Å². The molecule has 0 aliphatic carbocycles. The lowest BCUT2D eigenvalue weighted by Gasteiger charge is -2.34. The van der Waals surface area contributed by atoms with E-state index in [4.69, 9.17) is 4.74 Å². The second-order valence-corrected chi connectivity index (χ2v) is 6.52. The molecule has 0 heterocycles. The first-order chi connectivity index (χ1) is 13.6. The van der Waals surface area contributed by atoms with Crippen molar-refractivity contribution in [3.05, 3.63) is 108 Å². The van der Waals surface area contributed by atoms with Gasteiger partial charge in [0.15, 0.2) is 0 Å². The van der Waals surface area contributed by atoms with Crippen molar-refractivity contribution in [3.8, 4) is 0 Å². The predicted molar refractivity (Wildman–Crippen MR) is 109 cm³/mol. The zero-order valence-corrected chi connectivity index (χ0v) is 15.8. The van der Waals surface area contributed by atoms with E-state index in [1.165, 1.54) is 0 Å². The van der Waals surface area contributed by atoms with Crippen molar-refractivity contribution in [1.82, 2.24) is 5.32 Å². The molecular weight excluding hydrogens is 350 g/mol. The summed E-state index contributed by atoms with van der Waals surface area (Å²) in [6.45, 7) is 1.99. The van der Waals surface area contributed by atoms with Crippen molar-refractivity contribution >= 4 is 11.9 Å². The maximum absolute atomic E-state index is 12.9. The van der Waals surface area contributed by atoms with E-state index in [2.05, 4.69) is 5.32 Å². The van der Waals surface area contributed by atoms with E-state index in [-0.39, 0.29) is 5.91 Å². The van der Waals surface area contributed by atoms with Gasteiger partial charge in [0.2, 0.25) is 5.72 Å². The smallest absolute Gasteiger partial charge is 0.340 e. The van der Waals surface area contributed by atoms with Crippen LogP contribution in [0.4, 0.5) is 0 Å². The van der Waals surface area contributed by atoms with Gasteiger partial charge in [-0.05, 0) is 24.3 Å². The normalized spacial score (nSPS) is 12.6. The summed E-state index contributed by atoms with van der Waals surface area (Å²) in [7, 11) is 0. The summed E-state index contributed by atoms with van der Waals surface area (Å²) >= 11 is 0. The van der Waals surface area contributed by atoms with Crippen molar-refractivity contribution < 1.29 is 14.3 Å². The van der Waals surface area contributed by atoms with Gasteiger partial charge in [-0.3, -0.25) is 4.79 Å². The fraction of sp³-hybridized carbons (Fsp3) is 0.167. The van der Waals surface area contributed by atoms with Crippen LogP contribution < -0.4 is 5.32 Å². The maximum atomic E-state index is 12.9. The van der Waals surface area contributed by atoms with Crippen LogP contribution in [0.25, 0.3) is 0 Å². The Bertz CT molecular complexity index is 855. The molecule has 1 atom stereocenters. The Morgan fingerprint density at radius 1 is 0.786 bits per heavy atom. The van der Waals surface area contributed by atoms with Crippen LogP contribution in [0.5, 0.6) is 0 Å². The molecule has 3 rings (SSSR count). The van der Waals surface area contributed by atoms with E-state index in [1.54, 1.807) is 48.5 Å². The molecule has 0 saturated carbocycles. The number of hydrogen-bond donors (Lipinski definition) is 1. The van der Waals surface area contributed by atoms with Crippen LogP contribution in [-0.4, -0.2) is 11.9 Å². The average molecular weight is 373 g/mol. The first-order valence-corrected chi connectivity index (χ1v) is 9.36. The molecule has 4 heteroatoms. The van der Waals surface area contributed by atoms with Crippen LogP contribution in [0.15, 0.2) is 91.0 Å². The first kappa shape index (κ1) is 19.4. The zero-order valence-electron chi connectivity index (χ0n) is 15.8. The molecule has 0 aromatic heterocycles. The molecule has 0 saturated heterocycles. The number of benzene rings is 3. The quantitative estimate of drug-likeness (QED) is 0.472. The van der Waals surface area contributed by atoms with E-state index < -0.39 is 11.7 Å². The van der Waals surface area contributed by atoms with Gasteiger partial charge in [-0.25, -0.2) is 4.79 Å². The maximum Gasteiger partial charge on any atom is 0.340 e. The summed E-state index contributed by atoms with van der Waals surface area (Å²) in [5.74, 6) is -0.773. The molecule has 0 spiro atoms. The van der Waals surface area contributed by atoms with E-state index in [0.29, 0.717) is 24.0 Å². The summed E-state index contributed by atoms with van der Waals surface area (Å²) in [4.78, 5) is 25.8. The van der Waals surface area contributed by atoms with Crippen LogP contribution in [0, 0.1) is 0 Å². The van der Waals surface area contributed by atoms with Crippen molar-refractivity contribution in [2.24, 2.45) is 0 Å². The van der Waals surface area contributed by atoms with Gasteiger partial charge in [-0.1, -0.05) is 80.1 Å². The van der Waals surface area contributed by atoms with Crippen LogP contribution in [0.1, 0.15) is 46.0 Å². The van der Waals surface area contributed by atoms with Crippen molar-refractivity contribution in [1.29, 1.82) is 0 Å². The fourth-order valence-corrected chi connectivity index (χ4v) is 3.11. The van der Waals surface area contributed by atoms with Crippen LogP contribution in [0.2, 0.25) is 0 Å². The molecule has 0 aliphatic rings. The van der Waals surface area contributed by atoms with Crippen molar-refractivity contribution in [2.45, 2.75) is 25.5 Å². The lowest BCUT2D eigenvalue weighted by atomic mass is 9.96. The summed E-state index contributed by atoms with van der Waals surface area (Å²) in [6, 6.07) is 27.0. The largest absolute Gasteiger partial charge is 0.431 e. The Morgan fingerprint density at radius 3 is 1.82 bits per heavy atom. The molecule has 3 aromatic rings. The average Bonchev–Trinajstić information content (AvgIpc) is 2.75. The molecule has 3 aromatic carbocycles. The SMILES string of the molecule is CCCC(NC(=O)c1ccccc1)(OC(=O)c1ccccc1)c1ccccc1. The summed E-state index contributed by atoms with van der Waals surface area (Å²) < 4.78 is 5.97. The topological polar surface area (TPSA) is 55.4 Å². The highest BCUT2D eigenvalue weighted by Crippen LogP contribution is 2.30. The lowest BCUT2D eigenvalue weighted by Crippen LogP contribution is -2.49. The standard InChI is InChI=1S/C24H23NO3/c1-2-18-24(21-16-10-5-11-17-21,25-22(26)19-12-6-3-7-13-19)28-23(27)20-14-8-4-9-15-20/h3-17H,2,18H2,1H3,(H,25,26). The molecule has 28 heavy (non-hydrogen) atoms. The second-order valence-electron chi connectivity index (χ2n) is 6.52. The summed E-state index contributed by atoms with van der Waals surface area (Å²) in [6.07, 6.45) is 1.17. The van der Waals surface area contributed by atoms with Crippen molar-refractivity contribution in [2.75, 3.05) is 0 Å². The number of nitrogens with one attached hydrogen (secondary N) is 1. The van der Waals surface area contributed by atoms with Gasteiger partial charge in [-0.2, -0.15) is 0 Å². The molecule has 0 radical (unpaired) electrons. The molecule has 1 unspecified atom stereocenters. The second kappa shape index (κ2) is 9.00. The monoisotopic (exact) mass is 373 g/mol. The van der Waals surface area contributed by atoms with Gasteiger partial charge in [0.1, 0.15) is 0 Å². The molecule has 142 valence electrons. The number of hydrogen-bond acceptors (Lipinski definition) is 3. The van der Waals surface area contributed by atoms with Gasteiger partial charge >= 0.3 is 5.97 Å². The highest BCUT2D eigenvalue weighted by atomic mass is 16.6. The predicted octanol–water partition coefficient (Wildman–Crippen LogP) is 4.93. The van der Waals surface area contributed by atoms with Gasteiger partial charge in [0.25, 0.3) is 5.91 Å². The Labute approximate surface area is 165 Å². The summed E-state index contributed by atoms with van der Waals surface area (Å²) in [5, 5.41) is 2.98. The van der Waals surface area contributed by atoms with Crippen molar-refractivity contribution in [3.63, 3.8) is 0 Å². The lowest BCUT2D eigenvalue weighted by molar-refractivity contribution is -0.0423.